The molecule has 12 nitrogen and oxygen atoms in total. The number of hydrogen-bond acceptors (Lipinski definition) is 9. The first kappa shape index (κ1) is 26.1. The van der Waals surface area contributed by atoms with E-state index in [9.17, 15) is 31.6 Å². The van der Waals surface area contributed by atoms with Crippen LogP contribution >= 0.6 is 0 Å². The van der Waals surface area contributed by atoms with Crippen LogP contribution in [-0.2, 0) is 0 Å². The lowest BCUT2D eigenvalue weighted by Crippen LogP contribution is -1.99. The molecule has 12 heteroatoms. The minimum atomic E-state index is 0.202. The van der Waals surface area contributed by atoms with E-state index in [-0.39, 0.29) is 33.4 Å². The molecule has 0 aliphatic heterocycles. The van der Waals surface area contributed by atoms with Crippen molar-refractivity contribution in [3.05, 3.63) is 107 Å². The summed E-state index contributed by atoms with van der Waals surface area (Å²) in [6, 6.07) is 26.9. The molecule has 0 N–H and O–H groups in total. The smallest absolute Gasteiger partial charge is 0.117 e. The summed E-state index contributed by atoms with van der Waals surface area (Å²) < 4.78 is 5.31. The van der Waals surface area contributed by atoms with Crippen LogP contribution in [0.15, 0.2) is 73.6 Å². The monoisotopic (exact) mass is 576 g/mol. The van der Waals surface area contributed by atoms with Gasteiger partial charge in [0.05, 0.1) is 33.4 Å². The summed E-state index contributed by atoms with van der Waals surface area (Å²) in [4.78, 5) is 14.2. The van der Waals surface area contributed by atoms with Crippen molar-refractivity contribution in [3.63, 3.8) is 0 Å². The summed E-state index contributed by atoms with van der Waals surface area (Å²) in [7, 11) is 0. The Kier molecular flexibility index (Phi) is 5.78. The van der Waals surface area contributed by atoms with Gasteiger partial charge in [0.25, 0.3) is 0 Å². The Labute approximate surface area is 253 Å². The van der Waals surface area contributed by atoms with Crippen LogP contribution in [0.2, 0.25) is 0 Å². The third-order valence-electron chi connectivity index (χ3n) is 7.54. The second-order valence-corrected chi connectivity index (χ2v) is 9.80. The molecule has 45 heavy (non-hydrogen) atoms. The first-order valence-electron chi connectivity index (χ1n) is 13.1. The van der Waals surface area contributed by atoms with E-state index < -0.39 is 0 Å². The van der Waals surface area contributed by atoms with Crippen LogP contribution in [0.1, 0.15) is 33.4 Å². The number of nitriles is 6. The highest BCUT2D eigenvalue weighted by atomic mass is 15.1. The van der Waals surface area contributed by atoms with Crippen molar-refractivity contribution < 1.29 is 0 Å². The molecule has 7 aromatic rings. The number of fused-ring (bicyclic) bond motifs is 6. The van der Waals surface area contributed by atoms with Crippen molar-refractivity contribution in [1.82, 2.24) is 28.7 Å². The minimum Gasteiger partial charge on any atom is -0.297 e. The minimum absolute atomic E-state index is 0.202. The van der Waals surface area contributed by atoms with Crippen molar-refractivity contribution in [2.24, 2.45) is 0 Å². The van der Waals surface area contributed by atoms with Gasteiger partial charge in [-0.2, -0.15) is 31.6 Å². The molecule has 3 heterocycles. The predicted octanol–water partition coefficient (Wildman–Crippen LogP) is 4.93. The lowest BCUT2D eigenvalue weighted by molar-refractivity contribution is 1.09. The topological polar surface area (TPSA) is 196 Å². The van der Waals surface area contributed by atoms with Crippen LogP contribution < -0.4 is 0 Å². The van der Waals surface area contributed by atoms with Crippen LogP contribution in [0, 0.1) is 68.0 Å². The Morgan fingerprint density at radius 1 is 0.378 bits per heavy atom. The number of benzene rings is 4. The van der Waals surface area contributed by atoms with Gasteiger partial charge in [-0.3, -0.25) is 13.7 Å². The molecule has 0 amide bonds. The molecule has 0 saturated heterocycles. The molecule has 204 valence electrons. The van der Waals surface area contributed by atoms with E-state index in [1.807, 2.05) is 18.2 Å². The van der Waals surface area contributed by atoms with Crippen molar-refractivity contribution in [3.8, 4) is 53.5 Å². The van der Waals surface area contributed by atoms with E-state index in [2.05, 4.69) is 18.2 Å². The van der Waals surface area contributed by atoms with Gasteiger partial charge in [0, 0.05) is 17.1 Å². The zero-order valence-electron chi connectivity index (χ0n) is 22.8. The quantitative estimate of drug-likeness (QED) is 0.280. The third-order valence-corrected chi connectivity index (χ3v) is 7.54. The standard InChI is InChI=1S/C33H12N12/c34-10-19-1-4-25(7-22(19)13-37)43-16-40-28-31(43)29-33(44(17-41-29)26-5-2-20(11-35)23(8-26)14-38)30-32(28)45(18-42-30)27-6-3-21(12-36)24(9-27)15-39/h1-9,16-18H. The van der Waals surface area contributed by atoms with Gasteiger partial charge in [0.1, 0.15) is 88.5 Å². The molecule has 7 rings (SSSR count). The molecule has 0 spiro atoms. The van der Waals surface area contributed by atoms with E-state index in [4.69, 9.17) is 15.0 Å². The van der Waals surface area contributed by atoms with Crippen LogP contribution in [0.25, 0.3) is 50.2 Å². The maximum atomic E-state index is 9.68. The SMILES string of the molecule is N#Cc1ccc(-n2cnc3c2c2ncn(-c4ccc(C#N)c(C#N)c4)c2c2ncn(-c4ccc(C#N)c(C#N)c4)c32)cc1C#N. The first-order valence-corrected chi connectivity index (χ1v) is 13.1. The maximum absolute atomic E-state index is 9.68. The molecule has 0 atom stereocenters. The van der Waals surface area contributed by atoms with Crippen LogP contribution in [-0.4, -0.2) is 28.7 Å². The van der Waals surface area contributed by atoms with Gasteiger partial charge in [0.2, 0.25) is 0 Å². The Balaban J connectivity index is 1.61. The fourth-order valence-corrected chi connectivity index (χ4v) is 5.45. The summed E-state index contributed by atoms with van der Waals surface area (Å²) in [5, 5.41) is 57.4. The lowest BCUT2D eigenvalue weighted by Gasteiger charge is -2.10. The Bertz CT molecular complexity index is 2350. The molecular formula is C33H12N12. The highest BCUT2D eigenvalue weighted by Gasteiger charge is 2.24. The Hall–Kier alpha value is -7.77. The summed E-state index contributed by atoms with van der Waals surface area (Å²) in [5.41, 5.74) is 6.33. The van der Waals surface area contributed by atoms with E-state index in [1.165, 1.54) is 0 Å². The molecule has 0 fully saturated rings. The molecule has 0 aliphatic carbocycles. The summed E-state index contributed by atoms with van der Waals surface area (Å²) in [6.45, 7) is 0. The van der Waals surface area contributed by atoms with Crippen molar-refractivity contribution in [2.45, 2.75) is 0 Å². The Morgan fingerprint density at radius 2 is 0.644 bits per heavy atom. The fraction of sp³-hybridized carbons (Fsp3) is 0. The molecule has 0 aliphatic rings. The molecular weight excluding hydrogens is 564 g/mol. The first-order chi connectivity index (χ1) is 22.0. The number of rotatable bonds is 3. The van der Waals surface area contributed by atoms with E-state index >= 15 is 0 Å². The van der Waals surface area contributed by atoms with Gasteiger partial charge in [-0.1, -0.05) is 0 Å². The second kappa shape index (κ2) is 9.95. The van der Waals surface area contributed by atoms with Crippen molar-refractivity contribution >= 4 is 33.1 Å². The third kappa shape index (κ3) is 3.76. The summed E-state index contributed by atoms with van der Waals surface area (Å²) in [5.74, 6) is 0. The van der Waals surface area contributed by atoms with Gasteiger partial charge < -0.3 is 0 Å². The second-order valence-electron chi connectivity index (χ2n) is 9.80. The molecule has 0 saturated carbocycles. The van der Waals surface area contributed by atoms with Gasteiger partial charge >= 0.3 is 0 Å². The molecule has 0 unspecified atom stereocenters. The fourth-order valence-electron chi connectivity index (χ4n) is 5.45. The molecule has 0 radical (unpaired) electrons. The lowest BCUT2D eigenvalue weighted by atomic mass is 10.1. The number of hydrogen-bond donors (Lipinski definition) is 0. The van der Waals surface area contributed by atoms with Crippen LogP contribution in [0.5, 0.6) is 0 Å². The normalized spacial score (nSPS) is 10.5. The predicted molar refractivity (Wildman–Crippen MR) is 159 cm³/mol. The average Bonchev–Trinajstić information content (AvgIpc) is 3.84. The van der Waals surface area contributed by atoms with Gasteiger partial charge in [-0.25, -0.2) is 15.0 Å². The van der Waals surface area contributed by atoms with Crippen molar-refractivity contribution in [2.75, 3.05) is 0 Å². The van der Waals surface area contributed by atoms with Gasteiger partial charge in [0.15, 0.2) is 0 Å². The maximum Gasteiger partial charge on any atom is 0.117 e. The van der Waals surface area contributed by atoms with E-state index in [0.29, 0.717) is 50.2 Å². The number of aromatic nitrogens is 6. The largest absolute Gasteiger partial charge is 0.297 e. The van der Waals surface area contributed by atoms with Gasteiger partial charge in [-0.05, 0) is 54.6 Å². The summed E-state index contributed by atoms with van der Waals surface area (Å²) >= 11 is 0. The van der Waals surface area contributed by atoms with Crippen molar-refractivity contribution in [1.29, 1.82) is 31.6 Å². The zero-order valence-corrected chi connectivity index (χ0v) is 22.8. The van der Waals surface area contributed by atoms with Crippen LogP contribution in [0.4, 0.5) is 0 Å². The molecule has 4 aromatic carbocycles. The van der Waals surface area contributed by atoms with Gasteiger partial charge in [-0.15, -0.1) is 0 Å². The Morgan fingerprint density at radius 3 is 0.889 bits per heavy atom. The van der Waals surface area contributed by atoms with Crippen LogP contribution in [0.3, 0.4) is 0 Å². The van der Waals surface area contributed by atoms with E-state index in [0.717, 1.165) is 0 Å². The molecule has 0 bridgehead atoms. The highest BCUT2D eigenvalue weighted by Crippen LogP contribution is 2.37. The summed E-state index contributed by atoms with van der Waals surface area (Å²) in [6.07, 6.45) is 4.78. The van der Waals surface area contributed by atoms with E-state index in [1.54, 1.807) is 87.3 Å². The average molecular weight is 577 g/mol. The zero-order chi connectivity index (χ0) is 31.2. The highest BCUT2D eigenvalue weighted by molar-refractivity contribution is 6.20. The number of imidazole rings is 3. The number of nitrogens with zero attached hydrogens (tertiary/aromatic N) is 12. The molecule has 3 aromatic heterocycles.